The molecular weight excluding hydrogens is 404 g/mol. The van der Waals surface area contributed by atoms with Crippen LogP contribution in [0.1, 0.15) is 24.8 Å². The van der Waals surface area contributed by atoms with Gasteiger partial charge in [0.05, 0.1) is 16.9 Å². The normalized spacial score (nSPS) is 18.0. The number of amides is 1. The minimum atomic E-state index is -3.48. The molecule has 28 heavy (non-hydrogen) atoms. The number of thiazole rings is 1. The van der Waals surface area contributed by atoms with Gasteiger partial charge in [-0.05, 0) is 19.8 Å². The molecule has 1 aromatic carbocycles. The Hall–Kier alpha value is -2.37. The molecule has 1 amide bonds. The molecule has 150 valence electrons. The molecule has 2 aromatic rings. The van der Waals surface area contributed by atoms with Crippen LogP contribution in [0.25, 0.3) is 11.3 Å². The van der Waals surface area contributed by atoms with E-state index in [0.29, 0.717) is 34.9 Å². The average molecular weight is 425 g/mol. The fourth-order valence-electron chi connectivity index (χ4n) is 3.18. The lowest BCUT2D eigenvalue weighted by Gasteiger charge is -2.32. The van der Waals surface area contributed by atoms with Crippen molar-refractivity contribution in [1.82, 2.24) is 9.29 Å². The van der Waals surface area contributed by atoms with Crippen LogP contribution < -0.4 is 5.32 Å². The number of hydrogen-bond acceptors (Lipinski definition) is 7. The summed E-state index contributed by atoms with van der Waals surface area (Å²) >= 11 is 1.18. The maximum absolute atomic E-state index is 12.6. The van der Waals surface area contributed by atoms with Crippen molar-refractivity contribution >= 4 is 38.1 Å². The van der Waals surface area contributed by atoms with E-state index in [0.717, 1.165) is 19.1 Å². The zero-order valence-electron chi connectivity index (χ0n) is 15.4. The van der Waals surface area contributed by atoms with Crippen LogP contribution >= 0.6 is 11.3 Å². The zero-order valence-corrected chi connectivity index (χ0v) is 17.0. The molecule has 3 rings (SSSR count). The predicted molar refractivity (Wildman–Crippen MR) is 107 cm³/mol. The van der Waals surface area contributed by atoms with Crippen molar-refractivity contribution in [1.29, 1.82) is 0 Å². The van der Waals surface area contributed by atoms with Crippen LogP contribution in [0.15, 0.2) is 23.6 Å². The number of carbonyl (C=O) groups excluding carboxylic acids is 1. The minimum absolute atomic E-state index is 0.00193. The van der Waals surface area contributed by atoms with Crippen LogP contribution in [0.5, 0.6) is 0 Å². The third-order valence-electron chi connectivity index (χ3n) is 4.62. The Kier molecular flexibility index (Phi) is 5.77. The Balaban J connectivity index is 1.78. The maximum atomic E-state index is 12.6. The fraction of sp³-hybridized carbons (Fsp3) is 0.412. The second kappa shape index (κ2) is 7.94. The molecule has 9 nitrogen and oxygen atoms in total. The van der Waals surface area contributed by atoms with E-state index in [2.05, 4.69) is 10.3 Å². The largest absolute Gasteiger partial charge is 0.301 e. The van der Waals surface area contributed by atoms with Crippen LogP contribution in [-0.2, 0) is 14.8 Å². The van der Waals surface area contributed by atoms with Gasteiger partial charge in [0.2, 0.25) is 15.9 Å². The summed E-state index contributed by atoms with van der Waals surface area (Å²) in [7, 11) is -3.48. The number of rotatable bonds is 5. The molecule has 1 aliphatic heterocycles. The van der Waals surface area contributed by atoms with Gasteiger partial charge in [-0.1, -0.05) is 18.6 Å². The van der Waals surface area contributed by atoms with Crippen LogP contribution in [0.4, 0.5) is 10.8 Å². The number of sulfonamides is 1. The average Bonchev–Trinajstić information content (AvgIpc) is 3.09. The van der Waals surface area contributed by atoms with E-state index in [9.17, 15) is 23.3 Å². The molecule has 11 heteroatoms. The highest BCUT2D eigenvalue weighted by Gasteiger charge is 2.34. The molecule has 1 N–H and O–H groups in total. The molecule has 0 spiro atoms. The van der Waals surface area contributed by atoms with Crippen molar-refractivity contribution in [2.24, 2.45) is 0 Å². The van der Waals surface area contributed by atoms with Crippen molar-refractivity contribution in [2.45, 2.75) is 32.2 Å². The summed E-state index contributed by atoms with van der Waals surface area (Å²) in [4.78, 5) is 27.6. The minimum Gasteiger partial charge on any atom is -0.301 e. The highest BCUT2D eigenvalue weighted by molar-refractivity contribution is 7.88. The van der Waals surface area contributed by atoms with E-state index >= 15 is 0 Å². The third kappa shape index (κ3) is 4.37. The molecule has 1 saturated heterocycles. The first-order valence-electron chi connectivity index (χ1n) is 8.65. The smallest absolute Gasteiger partial charge is 0.272 e. The number of piperidine rings is 1. The standard InChI is InChI=1S/C17H20N4O5S2/c1-11-6-7-12(9-15(11)21(23)24)13-10-27-17(18-13)19-16(22)14-5-3-4-8-20(14)28(2,25)26/h6-7,9-10,14H,3-5,8H2,1-2H3,(H,18,19,22). The van der Waals surface area contributed by atoms with Crippen LogP contribution in [-0.4, -0.2) is 47.4 Å². The highest BCUT2D eigenvalue weighted by Crippen LogP contribution is 2.30. The Morgan fingerprint density at radius 3 is 2.82 bits per heavy atom. The number of nitro groups is 1. The van der Waals surface area contributed by atoms with Crippen molar-refractivity contribution in [3.05, 3.63) is 39.3 Å². The fourth-order valence-corrected chi connectivity index (χ4v) is 5.03. The van der Waals surface area contributed by atoms with E-state index < -0.39 is 26.9 Å². The van der Waals surface area contributed by atoms with E-state index in [1.54, 1.807) is 24.4 Å². The molecule has 1 aromatic heterocycles. The number of nitrogens with zero attached hydrogens (tertiary/aromatic N) is 3. The molecule has 1 aliphatic rings. The van der Waals surface area contributed by atoms with Gasteiger partial charge in [0, 0.05) is 29.1 Å². The van der Waals surface area contributed by atoms with Gasteiger partial charge >= 0.3 is 0 Å². The molecule has 2 heterocycles. The molecule has 0 radical (unpaired) electrons. The number of aromatic nitrogens is 1. The molecule has 0 bridgehead atoms. The monoisotopic (exact) mass is 424 g/mol. The summed E-state index contributed by atoms with van der Waals surface area (Å²) in [5.74, 6) is -0.416. The first-order valence-corrected chi connectivity index (χ1v) is 11.4. The summed E-state index contributed by atoms with van der Waals surface area (Å²) in [6.07, 6.45) is 3.07. The van der Waals surface area contributed by atoms with Gasteiger partial charge in [0.15, 0.2) is 5.13 Å². The van der Waals surface area contributed by atoms with Crippen molar-refractivity contribution in [2.75, 3.05) is 18.1 Å². The number of aryl methyl sites for hydroxylation is 1. The first-order chi connectivity index (χ1) is 13.2. The van der Waals surface area contributed by atoms with Gasteiger partial charge in [-0.25, -0.2) is 13.4 Å². The predicted octanol–water partition coefficient (Wildman–Crippen LogP) is 2.78. The summed E-state index contributed by atoms with van der Waals surface area (Å²) < 4.78 is 25.1. The Morgan fingerprint density at radius 1 is 1.39 bits per heavy atom. The lowest BCUT2D eigenvalue weighted by Crippen LogP contribution is -2.49. The molecule has 1 unspecified atom stereocenters. The number of carbonyl (C=O) groups is 1. The van der Waals surface area contributed by atoms with E-state index in [1.807, 2.05) is 0 Å². The van der Waals surface area contributed by atoms with Gasteiger partial charge < -0.3 is 5.32 Å². The Bertz CT molecular complexity index is 1020. The van der Waals surface area contributed by atoms with Crippen molar-refractivity contribution < 1.29 is 18.1 Å². The molecule has 0 saturated carbocycles. The van der Waals surface area contributed by atoms with Crippen molar-refractivity contribution in [3.8, 4) is 11.3 Å². The Labute approximate surface area is 166 Å². The number of nitrogens with one attached hydrogen (secondary N) is 1. The summed E-state index contributed by atoms with van der Waals surface area (Å²) in [5.41, 5.74) is 1.63. The number of nitro benzene ring substituents is 1. The van der Waals surface area contributed by atoms with Gasteiger partial charge in [0.25, 0.3) is 5.69 Å². The number of benzene rings is 1. The lowest BCUT2D eigenvalue weighted by molar-refractivity contribution is -0.385. The van der Waals surface area contributed by atoms with Crippen molar-refractivity contribution in [3.63, 3.8) is 0 Å². The summed E-state index contributed by atoms with van der Waals surface area (Å²) in [6.45, 7) is 1.99. The Morgan fingerprint density at radius 2 is 2.14 bits per heavy atom. The molecule has 1 atom stereocenters. The topological polar surface area (TPSA) is 123 Å². The third-order valence-corrected chi connectivity index (χ3v) is 6.66. The van der Waals surface area contributed by atoms with Crippen LogP contribution in [0, 0.1) is 17.0 Å². The summed E-state index contributed by atoms with van der Waals surface area (Å²) in [5, 5.41) is 15.8. The number of hydrogen-bond donors (Lipinski definition) is 1. The first kappa shape index (κ1) is 20.4. The zero-order chi connectivity index (χ0) is 20.5. The second-order valence-corrected chi connectivity index (χ2v) is 9.46. The van der Waals surface area contributed by atoms with Crippen LogP contribution in [0.3, 0.4) is 0 Å². The van der Waals surface area contributed by atoms with Gasteiger partial charge in [-0.15, -0.1) is 11.3 Å². The molecule has 0 aliphatic carbocycles. The SMILES string of the molecule is Cc1ccc(-c2csc(NC(=O)C3CCCCN3S(C)(=O)=O)n2)cc1[N+](=O)[O-]. The van der Waals surface area contributed by atoms with Gasteiger partial charge in [-0.2, -0.15) is 4.31 Å². The van der Waals surface area contributed by atoms with Crippen LogP contribution in [0.2, 0.25) is 0 Å². The molecule has 1 fully saturated rings. The highest BCUT2D eigenvalue weighted by atomic mass is 32.2. The van der Waals surface area contributed by atoms with E-state index in [4.69, 9.17) is 0 Å². The maximum Gasteiger partial charge on any atom is 0.272 e. The van der Waals surface area contributed by atoms with E-state index in [-0.39, 0.29) is 5.69 Å². The summed E-state index contributed by atoms with van der Waals surface area (Å²) in [6, 6.07) is 4.08. The van der Waals surface area contributed by atoms with Gasteiger partial charge in [-0.3, -0.25) is 14.9 Å². The number of anilines is 1. The second-order valence-electron chi connectivity index (χ2n) is 6.67. The molecular formula is C17H20N4O5S2. The lowest BCUT2D eigenvalue weighted by atomic mass is 10.0. The van der Waals surface area contributed by atoms with E-state index in [1.165, 1.54) is 21.7 Å². The quantitative estimate of drug-likeness (QED) is 0.582. The van der Waals surface area contributed by atoms with Gasteiger partial charge in [0.1, 0.15) is 6.04 Å².